The Morgan fingerprint density at radius 2 is 2.20 bits per heavy atom. The highest BCUT2D eigenvalue weighted by Crippen LogP contribution is 2.39. The lowest BCUT2D eigenvalue weighted by atomic mass is 9.75. The van der Waals surface area contributed by atoms with Crippen molar-refractivity contribution in [2.45, 2.75) is 50.7 Å². The van der Waals surface area contributed by atoms with Crippen LogP contribution in [0.25, 0.3) is 0 Å². The van der Waals surface area contributed by atoms with Gasteiger partial charge in [0.25, 0.3) is 0 Å². The maximum atomic E-state index is 13.9. The van der Waals surface area contributed by atoms with Gasteiger partial charge in [-0.3, -0.25) is 0 Å². The molecular formula is C16H23ClFNO. The Morgan fingerprint density at radius 1 is 1.45 bits per heavy atom. The van der Waals surface area contributed by atoms with E-state index in [9.17, 15) is 4.39 Å². The highest BCUT2D eigenvalue weighted by molar-refractivity contribution is 6.30. The van der Waals surface area contributed by atoms with Crippen molar-refractivity contribution in [1.29, 1.82) is 0 Å². The van der Waals surface area contributed by atoms with Gasteiger partial charge in [-0.15, -0.1) is 0 Å². The first-order valence-electron chi connectivity index (χ1n) is 7.31. The number of benzene rings is 1. The van der Waals surface area contributed by atoms with Gasteiger partial charge in [-0.05, 0) is 62.4 Å². The van der Waals surface area contributed by atoms with Crippen molar-refractivity contribution < 1.29 is 9.13 Å². The molecule has 0 heterocycles. The molecule has 112 valence electrons. The van der Waals surface area contributed by atoms with Gasteiger partial charge in [-0.2, -0.15) is 0 Å². The normalized spacial score (nSPS) is 18.6. The summed E-state index contributed by atoms with van der Waals surface area (Å²) in [6.07, 6.45) is 4.99. The topological polar surface area (TPSA) is 21.3 Å². The van der Waals surface area contributed by atoms with E-state index < -0.39 is 0 Å². The Labute approximate surface area is 125 Å². The Kier molecular flexibility index (Phi) is 5.42. The lowest BCUT2D eigenvalue weighted by molar-refractivity contribution is -0.0833. The van der Waals surface area contributed by atoms with Gasteiger partial charge in [0.1, 0.15) is 5.82 Å². The molecule has 0 bridgehead atoms. The summed E-state index contributed by atoms with van der Waals surface area (Å²) in [6.45, 7) is 2.94. The summed E-state index contributed by atoms with van der Waals surface area (Å²) < 4.78 is 19.5. The van der Waals surface area contributed by atoms with Crippen LogP contribution in [0, 0.1) is 5.82 Å². The van der Waals surface area contributed by atoms with Gasteiger partial charge in [0.15, 0.2) is 0 Å². The largest absolute Gasteiger partial charge is 0.378 e. The van der Waals surface area contributed by atoms with Crippen LogP contribution in [0.3, 0.4) is 0 Å². The lowest BCUT2D eigenvalue weighted by Crippen LogP contribution is -2.46. The fourth-order valence-corrected chi connectivity index (χ4v) is 3.18. The highest BCUT2D eigenvalue weighted by Gasteiger charge is 2.38. The van der Waals surface area contributed by atoms with Crippen molar-refractivity contribution in [3.05, 3.63) is 34.6 Å². The summed E-state index contributed by atoms with van der Waals surface area (Å²) in [5, 5.41) is 4.03. The number of hydrogen-bond donors (Lipinski definition) is 1. The first-order chi connectivity index (χ1) is 9.58. The summed E-state index contributed by atoms with van der Waals surface area (Å²) in [4.78, 5) is 0. The second kappa shape index (κ2) is 6.88. The Balaban J connectivity index is 2.06. The first kappa shape index (κ1) is 15.7. The standard InChI is InChI=1S/C16H23ClFNO/c1-3-19-14(11-16(20-2)7-4-8-16)10-12-9-13(17)5-6-15(12)18/h5-6,9,14,19H,3-4,7-8,10-11H2,1-2H3. The highest BCUT2D eigenvalue weighted by atomic mass is 35.5. The minimum Gasteiger partial charge on any atom is -0.378 e. The zero-order valence-electron chi connectivity index (χ0n) is 12.2. The maximum Gasteiger partial charge on any atom is 0.126 e. The third-order valence-corrected chi connectivity index (χ3v) is 4.52. The SMILES string of the molecule is CCNC(Cc1cc(Cl)ccc1F)CC1(OC)CCC1. The van der Waals surface area contributed by atoms with Crippen LogP contribution < -0.4 is 5.32 Å². The van der Waals surface area contributed by atoms with Crippen molar-refractivity contribution >= 4 is 11.6 Å². The van der Waals surface area contributed by atoms with E-state index in [1.54, 1.807) is 19.2 Å². The molecule has 1 fully saturated rings. The smallest absolute Gasteiger partial charge is 0.126 e. The Hall–Kier alpha value is -0.640. The van der Waals surface area contributed by atoms with Crippen molar-refractivity contribution in [3.8, 4) is 0 Å². The number of rotatable bonds is 7. The molecule has 20 heavy (non-hydrogen) atoms. The van der Waals surface area contributed by atoms with Crippen LogP contribution in [-0.4, -0.2) is 25.3 Å². The summed E-state index contributed by atoms with van der Waals surface area (Å²) in [6, 6.07) is 4.97. The molecular weight excluding hydrogens is 277 g/mol. The average molecular weight is 300 g/mol. The van der Waals surface area contributed by atoms with E-state index >= 15 is 0 Å². The van der Waals surface area contributed by atoms with Crippen LogP contribution >= 0.6 is 11.6 Å². The molecule has 0 aromatic heterocycles. The molecule has 0 amide bonds. The molecule has 2 rings (SSSR count). The second-order valence-electron chi connectivity index (χ2n) is 5.64. The van der Waals surface area contributed by atoms with Gasteiger partial charge in [0, 0.05) is 18.2 Å². The number of nitrogens with one attached hydrogen (secondary N) is 1. The van der Waals surface area contributed by atoms with Gasteiger partial charge in [-0.25, -0.2) is 4.39 Å². The van der Waals surface area contributed by atoms with Crippen molar-refractivity contribution in [3.63, 3.8) is 0 Å². The van der Waals surface area contributed by atoms with Crippen LogP contribution in [0.5, 0.6) is 0 Å². The van der Waals surface area contributed by atoms with Crippen LogP contribution in [0.1, 0.15) is 38.2 Å². The zero-order chi connectivity index (χ0) is 14.6. The molecule has 1 aliphatic rings. The first-order valence-corrected chi connectivity index (χ1v) is 7.69. The molecule has 1 aromatic rings. The van der Waals surface area contributed by atoms with E-state index in [1.807, 2.05) is 0 Å². The third kappa shape index (κ3) is 3.72. The molecule has 0 saturated heterocycles. The predicted molar refractivity (Wildman–Crippen MR) is 80.8 cm³/mol. The van der Waals surface area contributed by atoms with Crippen LogP contribution in [0.15, 0.2) is 18.2 Å². The lowest BCUT2D eigenvalue weighted by Gasteiger charge is -2.43. The third-order valence-electron chi connectivity index (χ3n) is 4.28. The zero-order valence-corrected chi connectivity index (χ0v) is 13.0. The molecule has 1 aromatic carbocycles. The second-order valence-corrected chi connectivity index (χ2v) is 6.08. The number of methoxy groups -OCH3 is 1. The fraction of sp³-hybridized carbons (Fsp3) is 0.625. The van der Waals surface area contributed by atoms with E-state index in [4.69, 9.17) is 16.3 Å². The summed E-state index contributed by atoms with van der Waals surface area (Å²) >= 11 is 5.96. The van der Waals surface area contributed by atoms with Crippen LogP contribution in [0.2, 0.25) is 5.02 Å². The fourth-order valence-electron chi connectivity index (χ4n) is 2.98. The summed E-state index contributed by atoms with van der Waals surface area (Å²) in [7, 11) is 1.78. The number of likely N-dealkylation sites (N-methyl/N-ethyl adjacent to an activating group) is 1. The predicted octanol–water partition coefficient (Wildman–Crippen LogP) is 3.96. The van der Waals surface area contributed by atoms with Crippen molar-refractivity contribution in [1.82, 2.24) is 5.32 Å². The molecule has 1 atom stereocenters. The molecule has 2 nitrogen and oxygen atoms in total. The van der Waals surface area contributed by atoms with E-state index in [-0.39, 0.29) is 17.5 Å². The minimum atomic E-state index is -0.183. The molecule has 1 unspecified atom stereocenters. The monoisotopic (exact) mass is 299 g/mol. The number of ether oxygens (including phenoxy) is 1. The Morgan fingerprint density at radius 3 is 2.75 bits per heavy atom. The number of halogens is 2. The van der Waals surface area contributed by atoms with Crippen molar-refractivity contribution in [2.24, 2.45) is 0 Å². The molecule has 0 spiro atoms. The van der Waals surface area contributed by atoms with Gasteiger partial charge in [0.2, 0.25) is 0 Å². The van der Waals surface area contributed by atoms with Crippen LogP contribution in [0.4, 0.5) is 4.39 Å². The van der Waals surface area contributed by atoms with E-state index in [0.717, 1.165) is 25.8 Å². The van der Waals surface area contributed by atoms with Gasteiger partial charge in [-0.1, -0.05) is 18.5 Å². The quantitative estimate of drug-likeness (QED) is 0.823. The van der Waals surface area contributed by atoms with E-state index in [0.29, 0.717) is 17.0 Å². The van der Waals surface area contributed by atoms with Gasteiger partial charge >= 0.3 is 0 Å². The maximum absolute atomic E-state index is 13.9. The molecule has 0 radical (unpaired) electrons. The summed E-state index contributed by atoms with van der Waals surface area (Å²) in [5.74, 6) is -0.183. The van der Waals surface area contributed by atoms with Crippen LogP contribution in [-0.2, 0) is 11.2 Å². The van der Waals surface area contributed by atoms with E-state index in [1.165, 1.54) is 12.5 Å². The molecule has 4 heteroatoms. The van der Waals surface area contributed by atoms with Crippen molar-refractivity contribution in [2.75, 3.05) is 13.7 Å². The molecule has 1 saturated carbocycles. The van der Waals surface area contributed by atoms with E-state index in [2.05, 4.69) is 12.2 Å². The molecule has 1 aliphatic carbocycles. The average Bonchev–Trinajstić information content (AvgIpc) is 2.38. The van der Waals surface area contributed by atoms with Gasteiger partial charge in [0.05, 0.1) is 5.60 Å². The molecule has 1 N–H and O–H groups in total. The van der Waals surface area contributed by atoms with Gasteiger partial charge < -0.3 is 10.1 Å². The molecule has 0 aliphatic heterocycles. The Bertz CT molecular complexity index is 443. The minimum absolute atomic E-state index is 0.0120. The number of hydrogen-bond acceptors (Lipinski definition) is 2. The summed E-state index contributed by atoms with van der Waals surface area (Å²) in [5.41, 5.74) is 0.663.